The van der Waals surface area contributed by atoms with E-state index in [1.165, 1.54) is 6.20 Å². The first-order valence-electron chi connectivity index (χ1n) is 5.60. The Morgan fingerprint density at radius 3 is 2.71 bits per heavy atom. The average molecular weight is 239 g/mol. The van der Waals surface area contributed by atoms with Crippen LogP contribution < -0.4 is 10.1 Å². The molecule has 1 aromatic heterocycles. The predicted molar refractivity (Wildman–Crippen MR) is 61.0 cm³/mol. The fraction of sp³-hybridized carbons (Fsp3) is 0.636. The highest BCUT2D eigenvalue weighted by Gasteiger charge is 2.26. The van der Waals surface area contributed by atoms with E-state index < -0.39 is 11.6 Å². The molecule has 6 nitrogen and oxygen atoms in total. The quantitative estimate of drug-likeness (QED) is 0.760. The van der Waals surface area contributed by atoms with Crippen LogP contribution >= 0.6 is 0 Å². The lowest BCUT2D eigenvalue weighted by molar-refractivity contribution is 0.00624. The molecule has 2 heterocycles. The van der Waals surface area contributed by atoms with E-state index in [-0.39, 0.29) is 6.10 Å². The van der Waals surface area contributed by atoms with Crippen LogP contribution in [0, 0.1) is 0 Å². The summed E-state index contributed by atoms with van der Waals surface area (Å²) < 4.78 is 10.8. The van der Waals surface area contributed by atoms with E-state index in [0.717, 1.165) is 13.1 Å². The van der Waals surface area contributed by atoms with Crippen molar-refractivity contribution < 1.29 is 14.3 Å². The Balaban J connectivity index is 2.04. The number of rotatable bonds is 3. The molecule has 1 saturated heterocycles. The topological polar surface area (TPSA) is 76.2 Å². The summed E-state index contributed by atoms with van der Waals surface area (Å²) in [5.74, 6) is -0.0423. The molecule has 6 heteroatoms. The van der Waals surface area contributed by atoms with Gasteiger partial charge < -0.3 is 14.8 Å². The van der Waals surface area contributed by atoms with Gasteiger partial charge in [0.1, 0.15) is 17.3 Å². The number of nitrogens with zero attached hydrogens (tertiary/aromatic N) is 1. The molecule has 0 spiro atoms. The zero-order chi connectivity index (χ0) is 12.5. The van der Waals surface area contributed by atoms with E-state index in [0.29, 0.717) is 11.4 Å². The number of H-pyrrole nitrogens is 1. The summed E-state index contributed by atoms with van der Waals surface area (Å²) in [6.45, 7) is 7.03. The van der Waals surface area contributed by atoms with Gasteiger partial charge in [-0.25, -0.2) is 9.89 Å². The summed E-state index contributed by atoms with van der Waals surface area (Å²) in [5.41, 5.74) is -0.185. The molecule has 1 aromatic rings. The third-order valence-electron chi connectivity index (χ3n) is 2.25. The molecule has 1 fully saturated rings. The third kappa shape index (κ3) is 2.97. The number of aromatic amines is 1. The Hall–Kier alpha value is -1.56. The van der Waals surface area contributed by atoms with E-state index in [1.54, 1.807) is 0 Å². The zero-order valence-electron chi connectivity index (χ0n) is 10.2. The SMILES string of the molecule is CC(C)(C)OC(=O)c1cn[nH]c1OC1CNC1. The summed E-state index contributed by atoms with van der Waals surface area (Å²) in [4.78, 5) is 11.9. The van der Waals surface area contributed by atoms with Crippen LogP contribution in [0.25, 0.3) is 0 Å². The minimum absolute atomic E-state index is 0.0941. The molecule has 0 aliphatic carbocycles. The van der Waals surface area contributed by atoms with Gasteiger partial charge in [-0.1, -0.05) is 0 Å². The van der Waals surface area contributed by atoms with Gasteiger partial charge in [0, 0.05) is 13.1 Å². The van der Waals surface area contributed by atoms with Gasteiger partial charge in [0.2, 0.25) is 5.88 Å². The number of aromatic nitrogens is 2. The maximum atomic E-state index is 11.9. The van der Waals surface area contributed by atoms with Crippen molar-refractivity contribution in [1.29, 1.82) is 0 Å². The van der Waals surface area contributed by atoms with Gasteiger partial charge in [0.25, 0.3) is 0 Å². The minimum atomic E-state index is -0.524. The second kappa shape index (κ2) is 4.37. The van der Waals surface area contributed by atoms with Gasteiger partial charge >= 0.3 is 5.97 Å². The molecular formula is C11H17N3O3. The van der Waals surface area contributed by atoms with Crippen molar-refractivity contribution in [3.8, 4) is 5.88 Å². The summed E-state index contributed by atoms with van der Waals surface area (Å²) >= 11 is 0. The number of carbonyl (C=O) groups is 1. The van der Waals surface area contributed by atoms with Crippen LogP contribution in [0.15, 0.2) is 6.20 Å². The van der Waals surface area contributed by atoms with Crippen LogP contribution in [-0.2, 0) is 4.74 Å². The van der Waals surface area contributed by atoms with E-state index in [4.69, 9.17) is 9.47 Å². The summed E-state index contributed by atoms with van der Waals surface area (Å²) in [6.07, 6.45) is 1.52. The van der Waals surface area contributed by atoms with Crippen LogP contribution in [0.5, 0.6) is 5.88 Å². The Labute approximate surface area is 99.7 Å². The number of carbonyl (C=O) groups excluding carboxylic acids is 1. The van der Waals surface area contributed by atoms with Crippen molar-refractivity contribution in [1.82, 2.24) is 15.5 Å². The van der Waals surface area contributed by atoms with Crippen molar-refractivity contribution in [2.45, 2.75) is 32.5 Å². The molecule has 2 rings (SSSR count). The van der Waals surface area contributed by atoms with Crippen LogP contribution in [0.2, 0.25) is 0 Å². The van der Waals surface area contributed by atoms with Gasteiger partial charge in [-0.2, -0.15) is 5.10 Å². The predicted octanol–water partition coefficient (Wildman–Crippen LogP) is 0.716. The number of esters is 1. The smallest absolute Gasteiger partial charge is 0.345 e. The van der Waals surface area contributed by atoms with E-state index in [1.807, 2.05) is 20.8 Å². The highest BCUT2D eigenvalue weighted by molar-refractivity contribution is 5.91. The highest BCUT2D eigenvalue weighted by Crippen LogP contribution is 2.20. The molecular weight excluding hydrogens is 222 g/mol. The molecule has 17 heavy (non-hydrogen) atoms. The Kier molecular flexibility index (Phi) is 3.06. The lowest BCUT2D eigenvalue weighted by Gasteiger charge is -2.27. The molecule has 94 valence electrons. The maximum Gasteiger partial charge on any atom is 0.345 e. The maximum absolute atomic E-state index is 11.9. The van der Waals surface area contributed by atoms with E-state index in [2.05, 4.69) is 15.5 Å². The van der Waals surface area contributed by atoms with Crippen molar-refractivity contribution in [2.75, 3.05) is 13.1 Å². The number of nitrogens with one attached hydrogen (secondary N) is 2. The van der Waals surface area contributed by atoms with Gasteiger partial charge in [0.05, 0.1) is 6.20 Å². The molecule has 0 amide bonds. The molecule has 1 aliphatic heterocycles. The average Bonchev–Trinajstić information content (AvgIpc) is 2.56. The van der Waals surface area contributed by atoms with Crippen molar-refractivity contribution in [3.63, 3.8) is 0 Å². The minimum Gasteiger partial charge on any atom is -0.471 e. The second-order valence-corrected chi connectivity index (χ2v) is 5.01. The van der Waals surface area contributed by atoms with Crippen molar-refractivity contribution in [2.24, 2.45) is 0 Å². The normalized spacial score (nSPS) is 16.4. The van der Waals surface area contributed by atoms with Gasteiger partial charge in [0.15, 0.2) is 0 Å². The van der Waals surface area contributed by atoms with E-state index >= 15 is 0 Å². The monoisotopic (exact) mass is 239 g/mol. The summed E-state index contributed by atoms with van der Waals surface area (Å²) in [7, 11) is 0. The van der Waals surface area contributed by atoms with Crippen LogP contribution in [0.3, 0.4) is 0 Å². The molecule has 0 bridgehead atoms. The van der Waals surface area contributed by atoms with Crippen molar-refractivity contribution in [3.05, 3.63) is 11.8 Å². The number of hydrogen-bond donors (Lipinski definition) is 2. The zero-order valence-corrected chi connectivity index (χ0v) is 10.2. The van der Waals surface area contributed by atoms with E-state index in [9.17, 15) is 4.79 Å². The van der Waals surface area contributed by atoms with Crippen molar-refractivity contribution >= 4 is 5.97 Å². The lowest BCUT2D eigenvalue weighted by Crippen LogP contribution is -2.50. The Bertz CT molecular complexity index is 404. The summed E-state index contributed by atoms with van der Waals surface area (Å²) in [5, 5.41) is 9.57. The molecule has 0 atom stereocenters. The number of hydrogen-bond acceptors (Lipinski definition) is 5. The molecule has 2 N–H and O–H groups in total. The lowest BCUT2D eigenvalue weighted by atomic mass is 10.2. The molecule has 1 aliphatic rings. The second-order valence-electron chi connectivity index (χ2n) is 5.01. The highest BCUT2D eigenvalue weighted by atomic mass is 16.6. The fourth-order valence-corrected chi connectivity index (χ4v) is 1.35. The third-order valence-corrected chi connectivity index (χ3v) is 2.25. The Morgan fingerprint density at radius 1 is 1.47 bits per heavy atom. The van der Waals surface area contributed by atoms with Crippen LogP contribution in [-0.4, -0.2) is 41.0 Å². The molecule has 0 saturated carbocycles. The van der Waals surface area contributed by atoms with Gasteiger partial charge in [-0.3, -0.25) is 0 Å². The Morgan fingerprint density at radius 2 is 2.18 bits per heavy atom. The largest absolute Gasteiger partial charge is 0.471 e. The van der Waals surface area contributed by atoms with Crippen LogP contribution in [0.4, 0.5) is 0 Å². The molecule has 0 aromatic carbocycles. The first kappa shape index (κ1) is 11.9. The number of ether oxygens (including phenoxy) is 2. The van der Waals surface area contributed by atoms with Crippen LogP contribution in [0.1, 0.15) is 31.1 Å². The van der Waals surface area contributed by atoms with Gasteiger partial charge in [-0.15, -0.1) is 0 Å². The fourth-order valence-electron chi connectivity index (χ4n) is 1.35. The molecule has 0 radical (unpaired) electrons. The summed E-state index contributed by atoms with van der Waals surface area (Å²) in [6, 6.07) is 0. The van der Waals surface area contributed by atoms with Gasteiger partial charge in [-0.05, 0) is 20.8 Å². The molecule has 0 unspecified atom stereocenters. The standard InChI is InChI=1S/C11H17N3O3/c1-11(2,3)17-10(15)8-6-13-14-9(8)16-7-4-12-5-7/h6-7,12H,4-5H2,1-3H3,(H,13,14). The first-order chi connectivity index (χ1) is 7.96. The first-order valence-corrected chi connectivity index (χ1v) is 5.60.